The summed E-state index contributed by atoms with van der Waals surface area (Å²) < 4.78 is 5.02. The molecule has 2 amide bonds. The molecule has 1 aliphatic rings. The van der Waals surface area contributed by atoms with Gasteiger partial charge in [0.1, 0.15) is 0 Å². The third-order valence-electron chi connectivity index (χ3n) is 5.07. The van der Waals surface area contributed by atoms with Gasteiger partial charge in [-0.25, -0.2) is 0 Å². The molecule has 1 aliphatic heterocycles. The Bertz CT molecular complexity index is 1310. The lowest BCUT2D eigenvalue weighted by atomic mass is 9.99. The first kappa shape index (κ1) is 21.6. The second-order valence-electron chi connectivity index (χ2n) is 7.39. The molecule has 3 aromatic carbocycles. The van der Waals surface area contributed by atoms with Crippen molar-refractivity contribution in [1.29, 1.82) is 0 Å². The van der Waals surface area contributed by atoms with Crippen molar-refractivity contribution >= 4 is 40.2 Å². The topological polar surface area (TPSA) is 117 Å². The Kier molecular flexibility index (Phi) is 5.82. The summed E-state index contributed by atoms with van der Waals surface area (Å²) in [7, 11) is 1.46. The van der Waals surface area contributed by atoms with E-state index in [4.69, 9.17) is 4.74 Å². The summed E-state index contributed by atoms with van der Waals surface area (Å²) in [5.41, 5.74) is 3.50. The number of hydrogen-bond acceptors (Lipinski definition) is 6. The monoisotopic (exact) mass is 443 g/mol. The van der Waals surface area contributed by atoms with Gasteiger partial charge in [-0.15, -0.1) is 0 Å². The van der Waals surface area contributed by atoms with Crippen LogP contribution in [-0.4, -0.2) is 29.8 Å². The average molecular weight is 443 g/mol. The first-order valence-electron chi connectivity index (χ1n) is 10.1. The highest BCUT2D eigenvalue weighted by atomic mass is 16.5. The van der Waals surface area contributed by atoms with Crippen LogP contribution in [-0.2, 0) is 9.59 Å². The molecule has 3 aromatic rings. The van der Waals surface area contributed by atoms with Gasteiger partial charge in [-0.05, 0) is 30.3 Å². The second kappa shape index (κ2) is 8.88. The number of ketones is 1. The molecule has 1 heterocycles. The number of phenolic OH excluding ortho intramolecular Hbond substituents is 1. The van der Waals surface area contributed by atoms with E-state index in [0.717, 1.165) is 0 Å². The number of aromatic hydroxyl groups is 1. The number of ether oxygens (including phenoxy) is 1. The SMILES string of the molecule is COc1ccc(N/C=C2/C(=O)Nc3cc(C(=O)c4cccc(NC(C)=O)c4)ccc32)cc1O. The van der Waals surface area contributed by atoms with Crippen molar-refractivity contribution in [2.45, 2.75) is 6.92 Å². The van der Waals surface area contributed by atoms with Crippen LogP contribution in [0.5, 0.6) is 11.5 Å². The number of carbonyl (C=O) groups is 3. The number of fused-ring (bicyclic) bond motifs is 1. The van der Waals surface area contributed by atoms with Gasteiger partial charge in [0, 0.05) is 52.9 Å². The number of phenols is 1. The predicted octanol–water partition coefficient (Wildman–Crippen LogP) is 4.00. The third kappa shape index (κ3) is 4.54. The van der Waals surface area contributed by atoms with Gasteiger partial charge in [-0.1, -0.05) is 24.3 Å². The van der Waals surface area contributed by atoms with Gasteiger partial charge in [-0.3, -0.25) is 14.4 Å². The van der Waals surface area contributed by atoms with E-state index in [9.17, 15) is 19.5 Å². The Morgan fingerprint density at radius 2 is 1.79 bits per heavy atom. The quantitative estimate of drug-likeness (QED) is 0.338. The van der Waals surface area contributed by atoms with Crippen molar-refractivity contribution in [2.75, 3.05) is 23.1 Å². The number of benzene rings is 3. The number of nitrogens with one attached hydrogen (secondary N) is 3. The molecule has 0 atom stereocenters. The zero-order valence-electron chi connectivity index (χ0n) is 17.9. The first-order chi connectivity index (χ1) is 15.9. The molecule has 0 saturated carbocycles. The van der Waals surface area contributed by atoms with E-state index in [-0.39, 0.29) is 23.3 Å². The molecule has 8 nitrogen and oxygen atoms in total. The zero-order valence-corrected chi connectivity index (χ0v) is 17.9. The molecule has 0 saturated heterocycles. The summed E-state index contributed by atoms with van der Waals surface area (Å²) in [4.78, 5) is 36.7. The van der Waals surface area contributed by atoms with Crippen molar-refractivity contribution in [2.24, 2.45) is 0 Å². The summed E-state index contributed by atoms with van der Waals surface area (Å²) in [6, 6.07) is 16.5. The molecule has 0 aromatic heterocycles. The fourth-order valence-electron chi connectivity index (χ4n) is 3.52. The van der Waals surface area contributed by atoms with Crippen molar-refractivity contribution in [3.05, 3.63) is 83.6 Å². The predicted molar refractivity (Wildman–Crippen MR) is 126 cm³/mol. The smallest absolute Gasteiger partial charge is 0.257 e. The van der Waals surface area contributed by atoms with E-state index in [1.54, 1.807) is 60.8 Å². The van der Waals surface area contributed by atoms with E-state index in [2.05, 4.69) is 16.0 Å². The molecule has 33 heavy (non-hydrogen) atoms. The van der Waals surface area contributed by atoms with Crippen LogP contribution in [0.4, 0.5) is 17.1 Å². The Hall–Kier alpha value is -4.59. The van der Waals surface area contributed by atoms with Crippen LogP contribution in [0.1, 0.15) is 28.4 Å². The largest absolute Gasteiger partial charge is 0.504 e. The zero-order chi connectivity index (χ0) is 23.5. The Morgan fingerprint density at radius 1 is 1.00 bits per heavy atom. The maximum Gasteiger partial charge on any atom is 0.257 e. The van der Waals surface area contributed by atoms with Gasteiger partial charge in [0.2, 0.25) is 5.91 Å². The van der Waals surface area contributed by atoms with Gasteiger partial charge in [0.25, 0.3) is 5.91 Å². The van der Waals surface area contributed by atoms with Gasteiger partial charge < -0.3 is 25.8 Å². The lowest BCUT2D eigenvalue weighted by Gasteiger charge is -2.07. The summed E-state index contributed by atoms with van der Waals surface area (Å²) in [6.45, 7) is 1.40. The van der Waals surface area contributed by atoms with E-state index in [0.29, 0.717) is 45.1 Å². The van der Waals surface area contributed by atoms with Crippen LogP contribution in [0.25, 0.3) is 5.57 Å². The number of anilines is 3. The fraction of sp³-hybridized carbons (Fsp3) is 0.0800. The van der Waals surface area contributed by atoms with E-state index < -0.39 is 0 Å². The van der Waals surface area contributed by atoms with E-state index >= 15 is 0 Å². The van der Waals surface area contributed by atoms with Crippen LogP contribution in [0, 0.1) is 0 Å². The summed E-state index contributed by atoms with van der Waals surface area (Å²) in [5.74, 6) is -0.450. The maximum absolute atomic E-state index is 13.0. The molecule has 0 bridgehead atoms. The number of carbonyl (C=O) groups excluding carboxylic acids is 3. The highest BCUT2D eigenvalue weighted by Crippen LogP contribution is 2.34. The standard InChI is InChI=1S/C25H21N3O5/c1-14(29)27-18-5-3-4-15(10-18)24(31)16-6-8-19-20(25(32)28-21(19)11-16)13-26-17-7-9-23(33-2)22(30)12-17/h3-13,26,30H,1-2H3,(H,27,29)(H,28,32)/b20-13+. The van der Waals surface area contributed by atoms with Crippen LogP contribution in [0.2, 0.25) is 0 Å². The number of methoxy groups -OCH3 is 1. The van der Waals surface area contributed by atoms with Crippen molar-refractivity contribution in [3.8, 4) is 11.5 Å². The van der Waals surface area contributed by atoms with E-state index in [1.165, 1.54) is 20.1 Å². The molecule has 0 unspecified atom stereocenters. The molecule has 166 valence electrons. The average Bonchev–Trinajstić information content (AvgIpc) is 3.11. The molecule has 8 heteroatoms. The fourth-order valence-corrected chi connectivity index (χ4v) is 3.52. The molecule has 0 fully saturated rings. The Labute approximate surface area is 189 Å². The highest BCUT2D eigenvalue weighted by molar-refractivity contribution is 6.32. The first-order valence-corrected chi connectivity index (χ1v) is 10.1. The Balaban J connectivity index is 1.57. The lowest BCUT2D eigenvalue weighted by Crippen LogP contribution is -2.08. The van der Waals surface area contributed by atoms with Crippen LogP contribution < -0.4 is 20.7 Å². The van der Waals surface area contributed by atoms with E-state index in [1.807, 2.05) is 0 Å². The molecule has 0 spiro atoms. The van der Waals surface area contributed by atoms with Crippen LogP contribution >= 0.6 is 0 Å². The number of amides is 2. The second-order valence-corrected chi connectivity index (χ2v) is 7.39. The summed E-state index contributed by atoms with van der Waals surface area (Å²) in [6.07, 6.45) is 1.54. The molecular weight excluding hydrogens is 422 g/mol. The molecule has 0 aliphatic carbocycles. The minimum absolute atomic E-state index is 0.0251. The minimum atomic E-state index is -0.313. The molecule has 4 rings (SSSR count). The van der Waals surface area contributed by atoms with Gasteiger partial charge in [0.05, 0.1) is 12.7 Å². The molecular formula is C25H21N3O5. The summed E-state index contributed by atoms with van der Waals surface area (Å²) in [5, 5.41) is 18.3. The highest BCUT2D eigenvalue weighted by Gasteiger charge is 2.25. The van der Waals surface area contributed by atoms with Crippen LogP contribution in [0.3, 0.4) is 0 Å². The normalized spacial score (nSPS) is 13.3. The number of hydrogen-bond donors (Lipinski definition) is 4. The molecule has 0 radical (unpaired) electrons. The van der Waals surface area contributed by atoms with Gasteiger partial charge in [-0.2, -0.15) is 0 Å². The maximum atomic E-state index is 13.0. The lowest BCUT2D eigenvalue weighted by molar-refractivity contribution is -0.114. The van der Waals surface area contributed by atoms with Crippen molar-refractivity contribution in [1.82, 2.24) is 0 Å². The molecule has 4 N–H and O–H groups in total. The van der Waals surface area contributed by atoms with Crippen molar-refractivity contribution < 1.29 is 24.2 Å². The van der Waals surface area contributed by atoms with Gasteiger partial charge in [0.15, 0.2) is 17.3 Å². The number of rotatable bonds is 6. The van der Waals surface area contributed by atoms with Crippen molar-refractivity contribution in [3.63, 3.8) is 0 Å². The van der Waals surface area contributed by atoms with Gasteiger partial charge >= 0.3 is 0 Å². The Morgan fingerprint density at radius 3 is 2.52 bits per heavy atom. The minimum Gasteiger partial charge on any atom is -0.504 e. The third-order valence-corrected chi connectivity index (χ3v) is 5.07. The summed E-state index contributed by atoms with van der Waals surface area (Å²) >= 11 is 0. The van der Waals surface area contributed by atoms with Crippen LogP contribution in [0.15, 0.2) is 66.9 Å².